The molecule has 4 aliphatic rings. The molecule has 0 aromatic heterocycles. The Morgan fingerprint density at radius 1 is 1.21 bits per heavy atom. The van der Waals surface area contributed by atoms with Gasteiger partial charge in [0.05, 0.1) is 20.1 Å². The van der Waals surface area contributed by atoms with Gasteiger partial charge in [-0.1, -0.05) is 25.3 Å². The number of aliphatic hydroxyl groups is 1. The molecule has 1 aromatic carbocycles. The average molecular weight is 389 g/mol. The van der Waals surface area contributed by atoms with Gasteiger partial charge in [-0.15, -0.1) is 0 Å². The van der Waals surface area contributed by atoms with Gasteiger partial charge < -0.3 is 20.0 Å². The molecule has 3 N–H and O–H groups in total. The van der Waals surface area contributed by atoms with E-state index in [0.717, 1.165) is 49.0 Å². The third-order valence-corrected chi connectivity index (χ3v) is 8.82. The monoisotopic (exact) mass is 388 g/mol. The van der Waals surface area contributed by atoms with Crippen LogP contribution in [0.25, 0.3) is 0 Å². The van der Waals surface area contributed by atoms with Crippen molar-refractivity contribution in [2.45, 2.75) is 74.8 Å². The number of hydrogen-bond donors (Lipinski definition) is 2. The van der Waals surface area contributed by atoms with Gasteiger partial charge in [-0.25, -0.2) is 0 Å². The summed E-state index contributed by atoms with van der Waals surface area (Å²) in [5, 5.41) is 12.2. The van der Waals surface area contributed by atoms with Gasteiger partial charge in [0.2, 0.25) is 5.91 Å². The number of benzene rings is 1. The van der Waals surface area contributed by atoms with Gasteiger partial charge in [0.15, 0.2) is 0 Å². The molecule has 1 amide bonds. The molecule has 0 spiro atoms. The predicted molar refractivity (Wildman–Crippen MR) is 105 cm³/mol. The summed E-state index contributed by atoms with van der Waals surface area (Å²) in [5.41, 5.74) is 7.91. The zero-order valence-electron chi connectivity index (χ0n) is 16.9. The van der Waals surface area contributed by atoms with Crippen LogP contribution < -0.4 is 10.4 Å². The molecule has 1 aromatic rings. The van der Waals surface area contributed by atoms with Crippen LogP contribution in [0, 0.1) is 5.92 Å². The summed E-state index contributed by atoms with van der Waals surface area (Å²) in [7, 11) is 2.41. The molecule has 2 bridgehead atoms. The lowest BCUT2D eigenvalue weighted by atomic mass is 9.49. The lowest BCUT2D eigenvalue weighted by molar-refractivity contribution is -0.952. The third-order valence-electron chi connectivity index (χ3n) is 8.82. The highest BCUT2D eigenvalue weighted by molar-refractivity contribution is 5.93. The third kappa shape index (κ3) is 2.51. The van der Waals surface area contributed by atoms with Crippen LogP contribution in [-0.2, 0) is 11.8 Å². The smallest absolute Gasteiger partial charge is 0.248 e. The minimum absolute atomic E-state index is 0. The molecule has 154 valence electrons. The first-order valence-electron chi connectivity index (χ1n) is 10.9. The van der Waals surface area contributed by atoms with E-state index in [1.165, 1.54) is 43.4 Å². The van der Waals surface area contributed by atoms with E-state index >= 15 is 0 Å². The zero-order valence-corrected chi connectivity index (χ0v) is 16.9. The van der Waals surface area contributed by atoms with E-state index < -0.39 is 5.60 Å². The molecule has 1 saturated heterocycles. The number of likely N-dealkylation sites (tertiary alicyclic amines) is 1. The summed E-state index contributed by atoms with van der Waals surface area (Å²) in [6, 6.07) is 6.30. The average Bonchev–Trinajstić information content (AvgIpc) is 2.61. The van der Waals surface area contributed by atoms with Crippen LogP contribution in [0.3, 0.4) is 0 Å². The Labute approximate surface area is 167 Å². The summed E-state index contributed by atoms with van der Waals surface area (Å²) < 4.78 is 1.03. The Morgan fingerprint density at radius 2 is 1.96 bits per heavy atom. The lowest BCUT2D eigenvalue weighted by Gasteiger charge is -2.66. The second kappa shape index (κ2) is 6.53. The molecule has 5 rings (SSSR count). The number of fused-ring (bicyclic) bond motifs is 1. The number of nitrogens with zero attached hydrogens (tertiary/aromatic N) is 1. The van der Waals surface area contributed by atoms with Crippen molar-refractivity contribution in [2.24, 2.45) is 11.7 Å². The van der Waals surface area contributed by atoms with Crippen LogP contribution in [0.2, 0.25) is 0 Å². The van der Waals surface area contributed by atoms with Gasteiger partial charge in [-0.3, -0.25) is 4.79 Å². The first-order chi connectivity index (χ1) is 12.9. The molecule has 3 fully saturated rings. The van der Waals surface area contributed by atoms with Crippen LogP contribution in [0.4, 0.5) is 0 Å². The molecular formula is C23H33FN2O2. The van der Waals surface area contributed by atoms with Crippen LogP contribution >= 0.6 is 0 Å². The number of piperidine rings is 1. The zero-order chi connectivity index (χ0) is 18.9. The standard InChI is InChI=1S/C23H32N2O2.FH/c1-25(15-16-5-4-6-16)12-11-22-9-2-3-10-23(22,27)20(25)14-17-7-8-18(21(24)26)13-19(17)22;/h7-8,13,16,20,27H,2-6,9-12,14-15H2,1H3,(H-,24,26);1H/t20-,22+,23-,25?;/m1./s1. The fourth-order valence-corrected chi connectivity index (χ4v) is 7.16. The molecule has 1 heterocycles. The molecule has 28 heavy (non-hydrogen) atoms. The van der Waals surface area contributed by atoms with Crippen LogP contribution in [0.5, 0.6) is 0 Å². The number of quaternary nitrogens is 1. The van der Waals surface area contributed by atoms with E-state index in [4.69, 9.17) is 5.73 Å². The number of carbonyl (C=O) groups excluding carboxylic acids is 1. The highest BCUT2D eigenvalue weighted by Crippen LogP contribution is 2.59. The number of halogens is 1. The Kier molecular flexibility index (Phi) is 4.63. The first kappa shape index (κ1) is 19.8. The van der Waals surface area contributed by atoms with E-state index in [2.05, 4.69) is 13.1 Å². The molecule has 4 nitrogen and oxygen atoms in total. The van der Waals surface area contributed by atoms with E-state index in [0.29, 0.717) is 5.56 Å². The number of rotatable bonds is 3. The van der Waals surface area contributed by atoms with Gasteiger partial charge in [-0.05, 0) is 48.9 Å². The van der Waals surface area contributed by atoms with Gasteiger partial charge in [0.25, 0.3) is 0 Å². The maximum atomic E-state index is 12.2. The van der Waals surface area contributed by atoms with Crippen molar-refractivity contribution in [3.63, 3.8) is 0 Å². The number of amides is 1. The predicted octanol–water partition coefficient (Wildman–Crippen LogP) is -0.0925. The summed E-state index contributed by atoms with van der Waals surface area (Å²) in [4.78, 5) is 11.8. The highest BCUT2D eigenvalue weighted by Gasteiger charge is 2.68. The highest BCUT2D eigenvalue weighted by atomic mass is 19.0. The quantitative estimate of drug-likeness (QED) is 0.711. The first-order valence-corrected chi connectivity index (χ1v) is 10.9. The van der Waals surface area contributed by atoms with Gasteiger partial charge in [-0.2, -0.15) is 0 Å². The van der Waals surface area contributed by atoms with Crippen molar-refractivity contribution in [3.8, 4) is 0 Å². The van der Waals surface area contributed by atoms with Crippen molar-refractivity contribution in [1.29, 1.82) is 0 Å². The fraction of sp³-hybridized carbons (Fsp3) is 0.696. The molecule has 5 heteroatoms. The van der Waals surface area contributed by atoms with Gasteiger partial charge in [0.1, 0.15) is 11.6 Å². The van der Waals surface area contributed by atoms with E-state index in [1.807, 2.05) is 12.1 Å². The Hall–Kier alpha value is -1.46. The van der Waals surface area contributed by atoms with Crippen molar-refractivity contribution in [1.82, 2.24) is 0 Å². The number of nitrogens with two attached hydrogens (primary N) is 1. The van der Waals surface area contributed by atoms with Gasteiger partial charge >= 0.3 is 0 Å². The SMILES string of the molecule is C[N+]1(CC2CCC2)CC[C@]23CCCC[C@@]2(O)[C@H]1Cc1ccc(C(N)=O)cc13.[F-]. The number of primary amides is 1. The molecule has 2 saturated carbocycles. The summed E-state index contributed by atoms with van der Waals surface area (Å²) in [6.45, 7) is 2.36. The number of hydrogen-bond acceptors (Lipinski definition) is 2. The maximum Gasteiger partial charge on any atom is 0.248 e. The minimum atomic E-state index is -0.648. The number of likely N-dealkylation sites (N-methyl/N-ethyl adjacent to an activating group) is 1. The molecular weight excluding hydrogens is 355 g/mol. The normalized spacial score (nSPS) is 39.1. The molecule has 1 aliphatic heterocycles. The second-order valence-electron chi connectivity index (χ2n) is 10.1. The number of carbonyl (C=O) groups is 1. The van der Waals surface area contributed by atoms with Crippen LogP contribution in [-0.4, -0.2) is 47.3 Å². The van der Waals surface area contributed by atoms with E-state index in [1.54, 1.807) is 0 Å². The van der Waals surface area contributed by atoms with Gasteiger partial charge in [0, 0.05) is 29.7 Å². The lowest BCUT2D eigenvalue weighted by Crippen LogP contribution is -3.00. The largest absolute Gasteiger partial charge is 1.00 e. The maximum absolute atomic E-state index is 12.2. The molecule has 4 atom stereocenters. The summed E-state index contributed by atoms with van der Waals surface area (Å²) >= 11 is 0. The van der Waals surface area contributed by atoms with Crippen LogP contribution in [0.1, 0.15) is 72.9 Å². The fourth-order valence-electron chi connectivity index (χ4n) is 7.16. The van der Waals surface area contributed by atoms with E-state index in [9.17, 15) is 9.90 Å². The molecule has 1 unspecified atom stereocenters. The molecule has 3 aliphatic carbocycles. The molecule has 0 radical (unpaired) electrons. The Balaban J connectivity index is 0.00000192. The topological polar surface area (TPSA) is 63.3 Å². The minimum Gasteiger partial charge on any atom is -1.00 e. The summed E-state index contributed by atoms with van der Waals surface area (Å²) in [5.74, 6) is 0.477. The Bertz CT molecular complexity index is 795. The van der Waals surface area contributed by atoms with Crippen molar-refractivity contribution in [3.05, 3.63) is 34.9 Å². The van der Waals surface area contributed by atoms with Crippen molar-refractivity contribution >= 4 is 5.91 Å². The Morgan fingerprint density at radius 3 is 2.64 bits per heavy atom. The van der Waals surface area contributed by atoms with E-state index in [-0.39, 0.29) is 22.1 Å². The van der Waals surface area contributed by atoms with Crippen molar-refractivity contribution in [2.75, 3.05) is 20.1 Å². The van der Waals surface area contributed by atoms with Crippen molar-refractivity contribution < 1.29 is 19.1 Å². The summed E-state index contributed by atoms with van der Waals surface area (Å²) in [6.07, 6.45) is 10.3. The van der Waals surface area contributed by atoms with Crippen LogP contribution in [0.15, 0.2) is 18.2 Å². The second-order valence-corrected chi connectivity index (χ2v) is 10.1.